The number of ether oxygens (including phenoxy) is 1. The van der Waals surface area contributed by atoms with Gasteiger partial charge in [-0.3, -0.25) is 4.79 Å². The van der Waals surface area contributed by atoms with Crippen molar-refractivity contribution in [1.29, 1.82) is 0 Å². The number of urea groups is 1. The molecule has 0 aromatic carbocycles. The fourth-order valence-electron chi connectivity index (χ4n) is 3.52. The molecular weight excluding hydrogens is 282 g/mol. The van der Waals surface area contributed by atoms with Crippen LogP contribution in [0.5, 0.6) is 0 Å². The molecule has 3 rings (SSSR count). The quantitative estimate of drug-likeness (QED) is 0.830. The van der Waals surface area contributed by atoms with E-state index in [-0.39, 0.29) is 18.0 Å². The maximum Gasteiger partial charge on any atom is 0.317 e. The first-order chi connectivity index (χ1) is 10.6. The van der Waals surface area contributed by atoms with Gasteiger partial charge in [-0.25, -0.2) is 4.79 Å². The lowest BCUT2D eigenvalue weighted by Gasteiger charge is -2.30. The van der Waals surface area contributed by atoms with E-state index in [0.29, 0.717) is 25.0 Å². The Morgan fingerprint density at radius 3 is 2.73 bits per heavy atom. The summed E-state index contributed by atoms with van der Waals surface area (Å²) in [6, 6.07) is 0.608. The predicted octanol–water partition coefficient (Wildman–Crippen LogP) is 1.21. The summed E-state index contributed by atoms with van der Waals surface area (Å²) in [5, 5.41) is 3.05. The van der Waals surface area contributed by atoms with Gasteiger partial charge >= 0.3 is 6.03 Å². The molecule has 2 heterocycles. The van der Waals surface area contributed by atoms with Crippen LogP contribution >= 0.6 is 0 Å². The van der Waals surface area contributed by atoms with E-state index in [1.807, 2.05) is 9.80 Å². The van der Waals surface area contributed by atoms with Crippen LogP contribution in [0.25, 0.3) is 0 Å². The molecule has 0 spiro atoms. The van der Waals surface area contributed by atoms with E-state index in [4.69, 9.17) is 4.74 Å². The van der Waals surface area contributed by atoms with Gasteiger partial charge in [0.05, 0.1) is 12.6 Å². The molecule has 0 radical (unpaired) electrons. The summed E-state index contributed by atoms with van der Waals surface area (Å²) in [7, 11) is 0. The summed E-state index contributed by atoms with van der Waals surface area (Å²) < 4.78 is 5.34. The minimum absolute atomic E-state index is 0.0219. The highest BCUT2D eigenvalue weighted by Gasteiger charge is 2.36. The lowest BCUT2D eigenvalue weighted by atomic mass is 10.1. The average Bonchev–Trinajstić information content (AvgIpc) is 3.02. The average molecular weight is 309 g/mol. The second-order valence-corrected chi connectivity index (χ2v) is 6.81. The normalized spacial score (nSPS) is 28.0. The van der Waals surface area contributed by atoms with E-state index in [2.05, 4.69) is 5.32 Å². The van der Waals surface area contributed by atoms with E-state index in [1.54, 1.807) is 6.92 Å². The van der Waals surface area contributed by atoms with Gasteiger partial charge in [0.25, 0.3) is 0 Å². The van der Waals surface area contributed by atoms with Crippen molar-refractivity contribution < 1.29 is 14.3 Å². The Hall–Kier alpha value is -1.30. The van der Waals surface area contributed by atoms with Crippen molar-refractivity contribution in [3.05, 3.63) is 0 Å². The molecule has 6 nitrogen and oxygen atoms in total. The Balaban J connectivity index is 1.50. The number of nitrogens with one attached hydrogen (secondary N) is 1. The summed E-state index contributed by atoms with van der Waals surface area (Å²) in [4.78, 5) is 28.1. The topological polar surface area (TPSA) is 61.9 Å². The molecule has 0 unspecified atom stereocenters. The molecule has 2 aliphatic heterocycles. The number of likely N-dealkylation sites (tertiary alicyclic amines) is 1. The largest absolute Gasteiger partial charge is 0.381 e. The molecule has 0 aromatic rings. The second-order valence-electron chi connectivity index (χ2n) is 6.81. The van der Waals surface area contributed by atoms with Crippen LogP contribution in [0.4, 0.5) is 4.79 Å². The number of hydrogen-bond acceptors (Lipinski definition) is 3. The number of carbonyl (C=O) groups is 2. The van der Waals surface area contributed by atoms with Gasteiger partial charge in [-0.2, -0.15) is 0 Å². The Morgan fingerprint density at radius 1 is 1.27 bits per heavy atom. The number of nitrogens with zero attached hydrogens (tertiary/aromatic N) is 2. The Bertz CT molecular complexity index is 419. The smallest absolute Gasteiger partial charge is 0.317 e. The third kappa shape index (κ3) is 3.72. The van der Waals surface area contributed by atoms with E-state index in [1.165, 1.54) is 0 Å². The zero-order valence-electron chi connectivity index (χ0n) is 13.4. The van der Waals surface area contributed by atoms with Gasteiger partial charge in [0.2, 0.25) is 5.91 Å². The third-order valence-corrected chi connectivity index (χ3v) is 5.00. The van der Waals surface area contributed by atoms with Gasteiger partial charge in [-0.05, 0) is 32.1 Å². The number of rotatable bonds is 5. The first kappa shape index (κ1) is 15.6. The van der Waals surface area contributed by atoms with Crippen molar-refractivity contribution in [1.82, 2.24) is 15.1 Å². The molecule has 1 saturated carbocycles. The monoisotopic (exact) mass is 309 g/mol. The summed E-state index contributed by atoms with van der Waals surface area (Å²) in [6.45, 7) is 5.39. The van der Waals surface area contributed by atoms with E-state index in [9.17, 15) is 9.59 Å². The molecule has 3 fully saturated rings. The predicted molar refractivity (Wildman–Crippen MR) is 82.5 cm³/mol. The SMILES string of the molecule is CC(=O)N(C[C@H]1CCCN1C(=O)NC[C@H]1CCOC1)C1CC1. The summed E-state index contributed by atoms with van der Waals surface area (Å²) in [5.74, 6) is 0.586. The van der Waals surface area contributed by atoms with Crippen LogP contribution in [0.15, 0.2) is 0 Å². The van der Waals surface area contributed by atoms with Gasteiger partial charge in [0.15, 0.2) is 0 Å². The van der Waals surface area contributed by atoms with Gasteiger partial charge in [0.1, 0.15) is 0 Å². The van der Waals surface area contributed by atoms with Crippen LogP contribution in [0.1, 0.15) is 39.0 Å². The van der Waals surface area contributed by atoms with Crippen molar-refractivity contribution in [2.45, 2.75) is 51.1 Å². The van der Waals surface area contributed by atoms with Crippen molar-refractivity contribution in [3.63, 3.8) is 0 Å². The molecule has 3 aliphatic rings. The Morgan fingerprint density at radius 2 is 2.09 bits per heavy atom. The van der Waals surface area contributed by atoms with Crippen LogP contribution in [0.2, 0.25) is 0 Å². The third-order valence-electron chi connectivity index (χ3n) is 5.00. The molecule has 1 aliphatic carbocycles. The zero-order chi connectivity index (χ0) is 15.5. The van der Waals surface area contributed by atoms with Crippen molar-refractivity contribution in [2.24, 2.45) is 5.92 Å². The highest BCUT2D eigenvalue weighted by Crippen LogP contribution is 2.29. The van der Waals surface area contributed by atoms with E-state index >= 15 is 0 Å². The lowest BCUT2D eigenvalue weighted by molar-refractivity contribution is -0.130. The summed E-state index contributed by atoms with van der Waals surface area (Å²) >= 11 is 0. The van der Waals surface area contributed by atoms with Gasteiger partial charge < -0.3 is 19.9 Å². The molecule has 3 amide bonds. The van der Waals surface area contributed by atoms with Gasteiger partial charge in [-0.1, -0.05) is 0 Å². The minimum atomic E-state index is 0.0219. The van der Waals surface area contributed by atoms with Crippen LogP contribution in [0.3, 0.4) is 0 Å². The van der Waals surface area contributed by atoms with Crippen LogP contribution in [-0.2, 0) is 9.53 Å². The molecule has 0 aromatic heterocycles. The maximum atomic E-state index is 12.4. The van der Waals surface area contributed by atoms with Crippen LogP contribution in [0, 0.1) is 5.92 Å². The first-order valence-corrected chi connectivity index (χ1v) is 8.54. The molecule has 2 atom stereocenters. The second kappa shape index (κ2) is 6.86. The lowest BCUT2D eigenvalue weighted by Crippen LogP contribution is -2.49. The zero-order valence-corrected chi connectivity index (χ0v) is 13.4. The molecule has 1 N–H and O–H groups in total. The standard InChI is InChI=1S/C16H27N3O3/c1-12(20)19(14-4-5-14)10-15-3-2-7-18(15)16(21)17-9-13-6-8-22-11-13/h13-15H,2-11H2,1H3,(H,17,21)/t13-,15-/m1/s1. The molecule has 124 valence electrons. The van der Waals surface area contributed by atoms with Gasteiger partial charge in [0, 0.05) is 45.1 Å². The fourth-order valence-corrected chi connectivity index (χ4v) is 3.52. The molecule has 0 bridgehead atoms. The highest BCUT2D eigenvalue weighted by molar-refractivity contribution is 5.76. The molecule has 2 saturated heterocycles. The van der Waals surface area contributed by atoms with Gasteiger partial charge in [-0.15, -0.1) is 0 Å². The van der Waals surface area contributed by atoms with Crippen LogP contribution in [-0.4, -0.2) is 66.7 Å². The molecule has 22 heavy (non-hydrogen) atoms. The van der Waals surface area contributed by atoms with Crippen LogP contribution < -0.4 is 5.32 Å². The minimum Gasteiger partial charge on any atom is -0.381 e. The number of amides is 3. The number of hydrogen-bond donors (Lipinski definition) is 1. The summed E-state index contributed by atoms with van der Waals surface area (Å²) in [5.41, 5.74) is 0. The first-order valence-electron chi connectivity index (χ1n) is 8.54. The maximum absolute atomic E-state index is 12.4. The molecular formula is C16H27N3O3. The van der Waals surface area contributed by atoms with Crippen molar-refractivity contribution in [3.8, 4) is 0 Å². The Labute approximate surface area is 132 Å². The summed E-state index contributed by atoms with van der Waals surface area (Å²) in [6.07, 6.45) is 5.28. The fraction of sp³-hybridized carbons (Fsp3) is 0.875. The van der Waals surface area contributed by atoms with E-state index < -0.39 is 0 Å². The highest BCUT2D eigenvalue weighted by atomic mass is 16.5. The van der Waals surface area contributed by atoms with Crippen molar-refractivity contribution in [2.75, 3.05) is 32.8 Å². The Kier molecular flexibility index (Phi) is 4.86. The molecule has 6 heteroatoms. The van der Waals surface area contributed by atoms with Crippen molar-refractivity contribution >= 4 is 11.9 Å². The van der Waals surface area contributed by atoms with E-state index in [0.717, 1.165) is 51.9 Å². The number of carbonyl (C=O) groups excluding carboxylic acids is 2.